The molecule has 2 heterocycles. The van der Waals surface area contributed by atoms with Crippen LogP contribution in [0.25, 0.3) is 0 Å². The number of benzene rings is 2. The number of amides is 1. The van der Waals surface area contributed by atoms with Gasteiger partial charge in [0.05, 0.1) is 23.3 Å². The molecule has 41 heavy (non-hydrogen) atoms. The molecule has 4 aliphatic rings. The number of hydrogen-bond donors (Lipinski definition) is 1. The van der Waals surface area contributed by atoms with Crippen LogP contribution in [0.4, 0.5) is 5.69 Å². The lowest BCUT2D eigenvalue weighted by molar-refractivity contribution is -0.119. The third kappa shape index (κ3) is 5.75. The standard InChI is InChI=1S/C32H39ClN2O5S/c1-39-29-8-4-2-3-5-9-31(36)34-41(37,38)25-12-15-30-28(18-25)35(19-23-10-13-26(23)29)20-32(21-40-30)16-6-7-22-17-24(33)11-14-27(22)32/h4,8,11-12,14-15,17-18,23,26,29H,2-3,5-7,9-10,13,16,19-21H2,1H3,(H,34,36)/t23-,26+,29-,32-/m0/s1. The number of halogens is 1. The molecular formula is C32H39ClN2O5S. The summed E-state index contributed by atoms with van der Waals surface area (Å²) < 4.78 is 41.4. The van der Waals surface area contributed by atoms with Crippen LogP contribution in [-0.2, 0) is 31.4 Å². The molecule has 220 valence electrons. The van der Waals surface area contributed by atoms with Gasteiger partial charge in [-0.3, -0.25) is 4.79 Å². The van der Waals surface area contributed by atoms with E-state index in [0.717, 1.165) is 62.2 Å². The lowest BCUT2D eigenvalue weighted by Gasteiger charge is -2.46. The third-order valence-corrected chi connectivity index (χ3v) is 11.1. The van der Waals surface area contributed by atoms with Crippen LogP contribution in [-0.4, -0.2) is 47.2 Å². The minimum atomic E-state index is -4.02. The lowest BCUT2D eigenvalue weighted by atomic mass is 9.68. The molecule has 0 unspecified atom stereocenters. The Hall–Kier alpha value is -2.55. The highest BCUT2D eigenvalue weighted by molar-refractivity contribution is 7.90. The molecule has 1 spiro atoms. The van der Waals surface area contributed by atoms with Gasteiger partial charge < -0.3 is 14.4 Å². The summed E-state index contributed by atoms with van der Waals surface area (Å²) in [6, 6.07) is 11.2. The summed E-state index contributed by atoms with van der Waals surface area (Å²) in [6.07, 6.45) is 12.0. The van der Waals surface area contributed by atoms with E-state index in [1.807, 2.05) is 6.07 Å². The van der Waals surface area contributed by atoms with Crippen molar-refractivity contribution in [3.05, 3.63) is 64.7 Å². The van der Waals surface area contributed by atoms with Crippen molar-refractivity contribution in [1.82, 2.24) is 4.72 Å². The van der Waals surface area contributed by atoms with Crippen molar-refractivity contribution in [3.63, 3.8) is 0 Å². The maximum atomic E-state index is 13.3. The number of rotatable bonds is 1. The Balaban J connectivity index is 1.42. The highest BCUT2D eigenvalue weighted by atomic mass is 35.5. The predicted octanol–water partition coefficient (Wildman–Crippen LogP) is 5.79. The number of methoxy groups -OCH3 is 1. The molecule has 2 aliphatic carbocycles. The number of anilines is 1. The van der Waals surface area contributed by atoms with E-state index in [4.69, 9.17) is 21.1 Å². The van der Waals surface area contributed by atoms with E-state index in [-0.39, 0.29) is 22.8 Å². The van der Waals surface area contributed by atoms with Gasteiger partial charge in [-0.25, -0.2) is 13.1 Å². The van der Waals surface area contributed by atoms with E-state index in [1.165, 1.54) is 11.1 Å². The fourth-order valence-electron chi connectivity index (χ4n) is 7.23. The van der Waals surface area contributed by atoms with Gasteiger partial charge in [-0.15, -0.1) is 0 Å². The van der Waals surface area contributed by atoms with Crippen molar-refractivity contribution in [2.75, 3.05) is 31.7 Å². The maximum Gasteiger partial charge on any atom is 0.264 e. The molecule has 0 radical (unpaired) electrons. The fraction of sp³-hybridized carbons (Fsp3) is 0.531. The minimum absolute atomic E-state index is 0.0358. The van der Waals surface area contributed by atoms with Crippen molar-refractivity contribution in [2.45, 2.75) is 74.2 Å². The summed E-state index contributed by atoms with van der Waals surface area (Å²) in [5.74, 6) is 0.982. The Labute approximate surface area is 248 Å². The second-order valence-corrected chi connectivity index (χ2v) is 14.3. The Kier molecular flexibility index (Phi) is 8.09. The number of aryl methyl sites for hydroxylation is 1. The molecule has 9 heteroatoms. The first kappa shape index (κ1) is 28.6. The maximum absolute atomic E-state index is 13.3. The second kappa shape index (κ2) is 11.6. The summed E-state index contributed by atoms with van der Waals surface area (Å²) in [5.41, 5.74) is 3.05. The van der Waals surface area contributed by atoms with Crippen molar-refractivity contribution in [1.29, 1.82) is 0 Å². The number of fused-ring (bicyclic) bond motifs is 4. The first-order chi connectivity index (χ1) is 19.8. The topological polar surface area (TPSA) is 84.9 Å². The summed E-state index contributed by atoms with van der Waals surface area (Å²) in [5, 5.41) is 0.743. The number of hydrogen-bond acceptors (Lipinski definition) is 6. The van der Waals surface area contributed by atoms with Gasteiger partial charge >= 0.3 is 0 Å². The molecule has 0 saturated heterocycles. The van der Waals surface area contributed by atoms with Crippen LogP contribution in [0.2, 0.25) is 5.02 Å². The van der Waals surface area contributed by atoms with Crippen LogP contribution >= 0.6 is 11.6 Å². The van der Waals surface area contributed by atoms with Crippen molar-refractivity contribution in [3.8, 4) is 5.75 Å². The Bertz CT molecular complexity index is 1440. The van der Waals surface area contributed by atoms with Gasteiger partial charge in [-0.05, 0) is 105 Å². The number of ether oxygens (including phenoxy) is 2. The van der Waals surface area contributed by atoms with E-state index in [0.29, 0.717) is 37.2 Å². The molecule has 1 amide bonds. The van der Waals surface area contributed by atoms with E-state index in [2.05, 4.69) is 33.9 Å². The van der Waals surface area contributed by atoms with Gasteiger partial charge in [0.1, 0.15) is 5.75 Å². The normalized spacial score (nSPS) is 29.7. The predicted molar refractivity (Wildman–Crippen MR) is 160 cm³/mol. The van der Waals surface area contributed by atoms with Crippen LogP contribution in [0.1, 0.15) is 62.5 Å². The first-order valence-electron chi connectivity index (χ1n) is 14.8. The van der Waals surface area contributed by atoms with E-state index in [9.17, 15) is 13.2 Å². The number of allylic oxidation sites excluding steroid dienone is 1. The number of nitrogens with zero attached hydrogens (tertiary/aromatic N) is 1. The molecule has 2 aromatic carbocycles. The molecular weight excluding hydrogens is 560 g/mol. The van der Waals surface area contributed by atoms with Gasteiger partial charge in [0, 0.05) is 37.1 Å². The smallest absolute Gasteiger partial charge is 0.264 e. The molecule has 2 bridgehead atoms. The largest absolute Gasteiger partial charge is 0.490 e. The molecule has 6 rings (SSSR count). The molecule has 2 aromatic rings. The average Bonchev–Trinajstić information content (AvgIpc) is 3.08. The zero-order valence-electron chi connectivity index (χ0n) is 23.6. The zero-order valence-corrected chi connectivity index (χ0v) is 25.2. The Morgan fingerprint density at radius 1 is 1.10 bits per heavy atom. The molecule has 7 nitrogen and oxygen atoms in total. The van der Waals surface area contributed by atoms with Crippen molar-refractivity contribution in [2.24, 2.45) is 11.8 Å². The molecule has 2 aliphatic heterocycles. The molecule has 0 aromatic heterocycles. The number of carbonyl (C=O) groups is 1. The SMILES string of the molecule is CO[C@H]1C=CCCCCC(=O)NS(=O)(=O)c2ccc3c(c2)N(C[C@@H]2CC[C@H]21)C[C@@]1(CCCc2cc(Cl)ccc21)CO3. The first-order valence-corrected chi connectivity index (χ1v) is 16.7. The van der Waals surface area contributed by atoms with Gasteiger partial charge in [0.2, 0.25) is 5.91 Å². The average molecular weight is 599 g/mol. The van der Waals surface area contributed by atoms with Crippen LogP contribution in [0.3, 0.4) is 0 Å². The van der Waals surface area contributed by atoms with Crippen molar-refractivity contribution < 1.29 is 22.7 Å². The van der Waals surface area contributed by atoms with Crippen LogP contribution < -0.4 is 14.4 Å². The van der Waals surface area contributed by atoms with Crippen LogP contribution in [0.15, 0.2) is 53.4 Å². The summed E-state index contributed by atoms with van der Waals surface area (Å²) >= 11 is 6.39. The zero-order chi connectivity index (χ0) is 28.6. The monoisotopic (exact) mass is 598 g/mol. The van der Waals surface area contributed by atoms with Crippen molar-refractivity contribution >= 4 is 33.2 Å². The third-order valence-electron chi connectivity index (χ3n) is 9.54. The van der Waals surface area contributed by atoms with E-state index < -0.39 is 15.9 Å². The number of nitrogens with one attached hydrogen (secondary N) is 1. The molecule has 4 atom stereocenters. The van der Waals surface area contributed by atoms with Gasteiger partial charge in [-0.1, -0.05) is 29.8 Å². The fourth-order valence-corrected chi connectivity index (χ4v) is 8.46. The molecule has 1 fully saturated rings. The quantitative estimate of drug-likeness (QED) is 0.418. The number of sulfonamides is 1. The highest BCUT2D eigenvalue weighted by Crippen LogP contribution is 2.47. The van der Waals surface area contributed by atoms with E-state index >= 15 is 0 Å². The molecule has 1 N–H and O–H groups in total. The van der Waals surface area contributed by atoms with Gasteiger partial charge in [0.15, 0.2) is 0 Å². The summed E-state index contributed by atoms with van der Waals surface area (Å²) in [6.45, 7) is 1.99. The lowest BCUT2D eigenvalue weighted by Crippen LogP contribution is -2.49. The summed E-state index contributed by atoms with van der Waals surface area (Å²) in [4.78, 5) is 15.0. The van der Waals surface area contributed by atoms with Gasteiger partial charge in [-0.2, -0.15) is 0 Å². The number of carbonyl (C=O) groups excluding carboxylic acids is 1. The molecule has 1 saturated carbocycles. The van der Waals surface area contributed by atoms with Crippen LogP contribution in [0.5, 0.6) is 5.75 Å². The second-order valence-electron chi connectivity index (χ2n) is 12.1. The summed E-state index contributed by atoms with van der Waals surface area (Å²) in [7, 11) is -2.24. The van der Waals surface area contributed by atoms with Crippen LogP contribution in [0, 0.1) is 11.8 Å². The Morgan fingerprint density at radius 3 is 2.78 bits per heavy atom. The van der Waals surface area contributed by atoms with Gasteiger partial charge in [0.25, 0.3) is 10.0 Å². The van der Waals surface area contributed by atoms with E-state index in [1.54, 1.807) is 25.3 Å². The Morgan fingerprint density at radius 2 is 1.98 bits per heavy atom. The minimum Gasteiger partial charge on any atom is -0.490 e. The highest BCUT2D eigenvalue weighted by Gasteiger charge is 2.44.